The molecule has 0 bridgehead atoms. The summed E-state index contributed by atoms with van der Waals surface area (Å²) in [6, 6.07) is 0. The number of rotatable bonds is 1. The second-order valence-corrected chi connectivity index (χ2v) is 0.734. The number of aliphatic hydroxyl groups excluding tert-OH is 1. The molecule has 0 aliphatic heterocycles. The quantitative estimate of drug-likeness (QED) is 0.440. The van der Waals surface area contributed by atoms with Crippen molar-refractivity contribution in [3.05, 3.63) is 0 Å². The summed E-state index contributed by atoms with van der Waals surface area (Å²) in [6.45, 7) is -0.531. The number of hydrogen-bond acceptors (Lipinski definition) is 3. The zero-order valence-corrected chi connectivity index (χ0v) is 5.25. The van der Waals surface area contributed by atoms with Gasteiger partial charge in [-0.2, -0.15) is 0 Å². The van der Waals surface area contributed by atoms with Gasteiger partial charge in [-0.1, -0.05) is 0 Å². The molecule has 0 atom stereocenters. The van der Waals surface area contributed by atoms with Crippen molar-refractivity contribution in [2.24, 2.45) is 0 Å². The molecule has 3 nitrogen and oxygen atoms in total. The largest absolute Gasteiger partial charge is 0.467 e. The third-order valence-electron chi connectivity index (χ3n) is 0.357. The summed E-state index contributed by atoms with van der Waals surface area (Å²) < 4.78 is 4.01. The van der Waals surface area contributed by atoms with E-state index in [0.717, 1.165) is 0 Å². The van der Waals surface area contributed by atoms with Crippen LogP contribution >= 0.6 is 0 Å². The molecule has 1 N–H and O–H groups in total. The molecule has 0 aliphatic rings. The molecule has 0 spiro atoms. The minimum atomic E-state index is -0.602. The van der Waals surface area contributed by atoms with Gasteiger partial charge in [-0.05, 0) is 0 Å². The van der Waals surface area contributed by atoms with E-state index >= 15 is 0 Å². The Balaban J connectivity index is 0. The van der Waals surface area contributed by atoms with Crippen LogP contribution in [-0.2, 0) is 31.9 Å². The average molecular weight is 198 g/mol. The van der Waals surface area contributed by atoms with Gasteiger partial charge in [-0.3, -0.25) is 0 Å². The Morgan fingerprint density at radius 3 is 2.29 bits per heavy atom. The molecule has 0 amide bonds. The van der Waals surface area contributed by atoms with Gasteiger partial charge in [-0.25, -0.2) is 4.79 Å². The Hall–Kier alpha value is 0.170. The van der Waals surface area contributed by atoms with Gasteiger partial charge < -0.3 is 9.84 Å². The molecule has 0 aromatic heterocycles. The molecule has 0 aromatic carbocycles. The number of methoxy groups -OCH3 is 1. The fourth-order valence-corrected chi connectivity index (χ4v) is 0.0645. The van der Waals surface area contributed by atoms with E-state index in [9.17, 15) is 4.79 Å². The summed E-state index contributed by atoms with van der Waals surface area (Å²) in [7, 11) is 1.22. The predicted octanol–water partition coefficient (Wildman–Crippen LogP) is -0.851. The van der Waals surface area contributed by atoms with Crippen LogP contribution in [0.15, 0.2) is 0 Å². The Kier molecular flexibility index (Phi) is 9.00. The van der Waals surface area contributed by atoms with Crippen LogP contribution in [0.5, 0.6) is 0 Å². The molecule has 4 heteroatoms. The average Bonchev–Trinajstić information content (AvgIpc) is 1.65. The van der Waals surface area contributed by atoms with Crippen molar-refractivity contribution >= 4 is 5.97 Å². The van der Waals surface area contributed by atoms with E-state index in [0.29, 0.717) is 0 Å². The summed E-state index contributed by atoms with van der Waals surface area (Å²) in [4.78, 5) is 9.71. The first-order valence-corrected chi connectivity index (χ1v) is 1.49. The molecule has 0 saturated heterocycles. The van der Waals surface area contributed by atoms with Crippen LogP contribution in [-0.4, -0.2) is 24.8 Å². The second kappa shape index (κ2) is 6.17. The van der Waals surface area contributed by atoms with Gasteiger partial charge in [0.1, 0.15) is 6.61 Å². The molecule has 47 valence electrons. The molecule has 0 heterocycles. The normalized spacial score (nSPS) is 6.57. The Morgan fingerprint density at radius 1 is 1.86 bits per heavy atom. The van der Waals surface area contributed by atoms with E-state index in [1.54, 1.807) is 0 Å². The number of carbonyl (C=O) groups excluding carboxylic acids is 1. The molecule has 0 aliphatic carbocycles. The van der Waals surface area contributed by atoms with E-state index in [2.05, 4.69) is 4.74 Å². The van der Waals surface area contributed by atoms with Gasteiger partial charge in [0.15, 0.2) is 0 Å². The Labute approximate surface area is 57.2 Å². The summed E-state index contributed by atoms with van der Waals surface area (Å²) in [5.74, 6) is -0.602. The molecule has 0 fully saturated rings. The van der Waals surface area contributed by atoms with E-state index in [1.165, 1.54) is 7.11 Å². The third kappa shape index (κ3) is 6.17. The monoisotopic (exact) mass is 197 g/mol. The molecule has 0 rings (SSSR count). The first-order chi connectivity index (χ1) is 2.81. The SMILES string of the molecule is COC(=O)CO.[Ag]. The Morgan fingerprint density at radius 2 is 2.29 bits per heavy atom. The van der Waals surface area contributed by atoms with Crippen molar-refractivity contribution in [2.45, 2.75) is 0 Å². The van der Waals surface area contributed by atoms with Crippen LogP contribution in [0.25, 0.3) is 0 Å². The van der Waals surface area contributed by atoms with Crippen molar-refractivity contribution in [2.75, 3.05) is 13.7 Å². The number of hydrogen-bond donors (Lipinski definition) is 1. The summed E-state index contributed by atoms with van der Waals surface area (Å²) in [5, 5.41) is 7.86. The zero-order chi connectivity index (χ0) is 4.99. The maximum atomic E-state index is 9.71. The van der Waals surface area contributed by atoms with Crippen molar-refractivity contribution in [3.63, 3.8) is 0 Å². The topological polar surface area (TPSA) is 46.5 Å². The van der Waals surface area contributed by atoms with E-state index in [-0.39, 0.29) is 22.4 Å². The molecule has 0 aromatic rings. The predicted molar refractivity (Wildman–Crippen MR) is 19.1 cm³/mol. The molecular formula is C3H6AgO3. The Bertz CT molecular complexity index is 48.1. The van der Waals surface area contributed by atoms with Crippen LogP contribution < -0.4 is 0 Å². The molecular weight excluding hydrogens is 192 g/mol. The van der Waals surface area contributed by atoms with Crippen molar-refractivity contribution < 1.29 is 37.0 Å². The number of ether oxygens (including phenoxy) is 1. The molecule has 0 unspecified atom stereocenters. The smallest absolute Gasteiger partial charge is 0.331 e. The molecule has 0 saturated carbocycles. The van der Waals surface area contributed by atoms with Crippen molar-refractivity contribution in [3.8, 4) is 0 Å². The number of aliphatic hydroxyl groups is 1. The van der Waals surface area contributed by atoms with Gasteiger partial charge in [0.05, 0.1) is 7.11 Å². The fourth-order valence-electron chi connectivity index (χ4n) is 0.0645. The van der Waals surface area contributed by atoms with Crippen LogP contribution in [0.2, 0.25) is 0 Å². The standard InChI is InChI=1S/C3H6O3.Ag/c1-6-3(5)2-4;/h4H,2H2,1H3;. The fraction of sp³-hybridized carbons (Fsp3) is 0.667. The van der Waals surface area contributed by atoms with Crippen LogP contribution in [0.1, 0.15) is 0 Å². The van der Waals surface area contributed by atoms with Gasteiger partial charge in [0.25, 0.3) is 0 Å². The van der Waals surface area contributed by atoms with Gasteiger partial charge in [0.2, 0.25) is 0 Å². The van der Waals surface area contributed by atoms with Gasteiger partial charge in [0, 0.05) is 22.4 Å². The molecule has 1 radical (unpaired) electrons. The van der Waals surface area contributed by atoms with Gasteiger partial charge in [-0.15, -0.1) is 0 Å². The van der Waals surface area contributed by atoms with Crippen molar-refractivity contribution in [1.29, 1.82) is 0 Å². The number of esters is 1. The second-order valence-electron chi connectivity index (χ2n) is 0.734. The maximum absolute atomic E-state index is 9.71. The maximum Gasteiger partial charge on any atom is 0.331 e. The van der Waals surface area contributed by atoms with Crippen molar-refractivity contribution in [1.82, 2.24) is 0 Å². The summed E-state index contributed by atoms with van der Waals surface area (Å²) in [6.07, 6.45) is 0. The van der Waals surface area contributed by atoms with Crippen LogP contribution in [0.3, 0.4) is 0 Å². The summed E-state index contributed by atoms with van der Waals surface area (Å²) >= 11 is 0. The van der Waals surface area contributed by atoms with Gasteiger partial charge >= 0.3 is 5.97 Å². The zero-order valence-electron chi connectivity index (χ0n) is 3.77. The van der Waals surface area contributed by atoms with E-state index in [4.69, 9.17) is 5.11 Å². The minimum Gasteiger partial charge on any atom is -0.467 e. The molecule has 7 heavy (non-hydrogen) atoms. The van der Waals surface area contributed by atoms with Crippen LogP contribution in [0, 0.1) is 0 Å². The van der Waals surface area contributed by atoms with E-state index < -0.39 is 12.6 Å². The minimum absolute atomic E-state index is 0. The van der Waals surface area contributed by atoms with Crippen LogP contribution in [0.4, 0.5) is 0 Å². The first-order valence-electron chi connectivity index (χ1n) is 1.49. The first kappa shape index (κ1) is 10.2. The number of carbonyl (C=O) groups is 1. The van der Waals surface area contributed by atoms with E-state index in [1.807, 2.05) is 0 Å². The summed E-state index contributed by atoms with van der Waals surface area (Å²) in [5.41, 5.74) is 0. The third-order valence-corrected chi connectivity index (χ3v) is 0.357.